The second-order valence-electron chi connectivity index (χ2n) is 5.84. The van der Waals surface area contributed by atoms with Crippen molar-refractivity contribution in [1.82, 2.24) is 4.72 Å². The van der Waals surface area contributed by atoms with Gasteiger partial charge in [-0.15, -0.1) is 0 Å². The second-order valence-corrected chi connectivity index (χ2v) is 7.61. The average molecular weight is 403 g/mol. The molecule has 1 atom stereocenters. The van der Waals surface area contributed by atoms with Gasteiger partial charge in [0, 0.05) is 6.54 Å². The highest BCUT2D eigenvalue weighted by Gasteiger charge is 2.31. The molecule has 1 heterocycles. The fraction of sp³-hybridized carbons (Fsp3) is 0.294. The third-order valence-electron chi connectivity index (χ3n) is 3.96. The molecular weight excluding hydrogens is 387 g/mol. The molecule has 0 bridgehead atoms. The molecule has 1 aliphatic heterocycles. The number of benzene rings is 2. The Labute approximate surface area is 153 Å². The smallest absolute Gasteiger partial charge is 0.416 e. The molecule has 10 heteroatoms. The Morgan fingerprint density at radius 3 is 2.59 bits per heavy atom. The van der Waals surface area contributed by atoms with Crippen LogP contribution in [0.1, 0.15) is 23.7 Å². The van der Waals surface area contributed by atoms with Crippen molar-refractivity contribution < 1.29 is 36.2 Å². The zero-order valence-corrected chi connectivity index (χ0v) is 14.7. The molecule has 0 saturated carbocycles. The summed E-state index contributed by atoms with van der Waals surface area (Å²) in [5.74, 6) is 1.03. The molecule has 2 aromatic rings. The largest absolute Gasteiger partial charge is 0.454 e. The topological polar surface area (TPSA) is 84.9 Å². The van der Waals surface area contributed by atoms with Crippen molar-refractivity contribution in [3.8, 4) is 11.5 Å². The van der Waals surface area contributed by atoms with E-state index in [1.165, 1.54) is 0 Å². The monoisotopic (exact) mass is 403 g/mol. The van der Waals surface area contributed by atoms with E-state index in [0.717, 1.165) is 18.2 Å². The minimum Gasteiger partial charge on any atom is -0.454 e. The molecule has 0 aliphatic carbocycles. The Kier molecular flexibility index (Phi) is 5.31. The highest BCUT2D eigenvalue weighted by molar-refractivity contribution is 7.89. The summed E-state index contributed by atoms with van der Waals surface area (Å²) in [4.78, 5) is -0.491. The molecular formula is C17H16F3NO5S. The van der Waals surface area contributed by atoms with Crippen LogP contribution in [0.4, 0.5) is 13.2 Å². The number of hydrogen-bond donors (Lipinski definition) is 2. The number of hydrogen-bond acceptors (Lipinski definition) is 5. The molecule has 0 radical (unpaired) electrons. The molecule has 3 rings (SSSR count). The van der Waals surface area contributed by atoms with Crippen LogP contribution in [0.3, 0.4) is 0 Å². The van der Waals surface area contributed by atoms with E-state index < -0.39 is 32.8 Å². The lowest BCUT2D eigenvalue weighted by Crippen LogP contribution is -2.26. The predicted molar refractivity (Wildman–Crippen MR) is 88.8 cm³/mol. The number of ether oxygens (including phenoxy) is 2. The number of aliphatic hydroxyl groups excluding tert-OH is 1. The van der Waals surface area contributed by atoms with Crippen LogP contribution in [-0.2, 0) is 16.2 Å². The number of alkyl halides is 3. The third-order valence-corrected chi connectivity index (χ3v) is 5.42. The molecule has 2 aromatic carbocycles. The van der Waals surface area contributed by atoms with Gasteiger partial charge in [-0.2, -0.15) is 13.2 Å². The standard InChI is InChI=1S/C17H16F3NO5S/c18-17(19,20)12-2-1-3-13(9-12)27(23,24)21-7-6-14(22)11-4-5-15-16(8-11)26-10-25-15/h1-5,8-9,14,21-22H,6-7,10H2/t14-/m1/s1. The molecule has 146 valence electrons. The molecule has 0 spiro atoms. The third kappa shape index (κ3) is 4.52. The molecule has 0 aromatic heterocycles. The highest BCUT2D eigenvalue weighted by Crippen LogP contribution is 2.34. The molecule has 27 heavy (non-hydrogen) atoms. The van der Waals surface area contributed by atoms with Gasteiger partial charge < -0.3 is 14.6 Å². The number of halogens is 3. The van der Waals surface area contributed by atoms with E-state index in [0.29, 0.717) is 23.1 Å². The average Bonchev–Trinajstić information content (AvgIpc) is 3.08. The molecule has 0 unspecified atom stereocenters. The molecule has 0 amide bonds. The lowest BCUT2D eigenvalue weighted by molar-refractivity contribution is -0.137. The van der Waals surface area contributed by atoms with Gasteiger partial charge in [0.2, 0.25) is 16.8 Å². The fourth-order valence-electron chi connectivity index (χ4n) is 2.54. The normalized spacial score (nSPS) is 15.0. The molecule has 2 N–H and O–H groups in total. The van der Waals surface area contributed by atoms with Crippen molar-refractivity contribution >= 4 is 10.0 Å². The molecule has 6 nitrogen and oxygen atoms in total. The Morgan fingerprint density at radius 1 is 1.11 bits per heavy atom. The van der Waals surface area contributed by atoms with E-state index in [9.17, 15) is 26.7 Å². The highest BCUT2D eigenvalue weighted by atomic mass is 32.2. The predicted octanol–water partition coefficient (Wildman–Crippen LogP) is 2.84. The van der Waals surface area contributed by atoms with Crippen LogP contribution >= 0.6 is 0 Å². The van der Waals surface area contributed by atoms with E-state index >= 15 is 0 Å². The van der Waals surface area contributed by atoms with Crippen molar-refractivity contribution in [1.29, 1.82) is 0 Å². The van der Waals surface area contributed by atoms with Gasteiger partial charge in [0.05, 0.1) is 16.6 Å². The van der Waals surface area contributed by atoms with E-state index in [1.54, 1.807) is 18.2 Å². The van der Waals surface area contributed by atoms with Gasteiger partial charge in [0.1, 0.15) is 0 Å². The number of sulfonamides is 1. The number of fused-ring (bicyclic) bond motifs is 1. The maximum absolute atomic E-state index is 12.7. The Morgan fingerprint density at radius 2 is 1.85 bits per heavy atom. The first-order chi connectivity index (χ1) is 12.7. The van der Waals surface area contributed by atoms with Crippen LogP contribution in [-0.4, -0.2) is 26.9 Å². The van der Waals surface area contributed by atoms with Gasteiger partial charge >= 0.3 is 6.18 Å². The van der Waals surface area contributed by atoms with Crippen LogP contribution in [0.2, 0.25) is 0 Å². The van der Waals surface area contributed by atoms with Crippen LogP contribution in [0.15, 0.2) is 47.4 Å². The molecule has 0 saturated heterocycles. The van der Waals surface area contributed by atoms with Gasteiger partial charge in [-0.1, -0.05) is 12.1 Å². The SMILES string of the molecule is O=S(=O)(NCC[C@@H](O)c1ccc2c(c1)OCO2)c1cccc(C(F)(F)F)c1. The van der Waals surface area contributed by atoms with Crippen molar-refractivity contribution in [2.75, 3.05) is 13.3 Å². The first kappa shape index (κ1) is 19.5. The number of aliphatic hydroxyl groups is 1. The van der Waals surface area contributed by atoms with Gasteiger partial charge in [-0.25, -0.2) is 13.1 Å². The molecule has 0 fully saturated rings. The Bertz CT molecular complexity index is 930. The van der Waals surface area contributed by atoms with Crippen LogP contribution in [0.25, 0.3) is 0 Å². The Hall–Kier alpha value is -2.30. The van der Waals surface area contributed by atoms with E-state index in [1.807, 2.05) is 0 Å². The first-order valence-electron chi connectivity index (χ1n) is 7.91. The van der Waals surface area contributed by atoms with Crippen LogP contribution in [0, 0.1) is 0 Å². The van der Waals surface area contributed by atoms with Crippen LogP contribution < -0.4 is 14.2 Å². The summed E-state index contributed by atoms with van der Waals surface area (Å²) in [6, 6.07) is 8.31. The zero-order valence-electron chi connectivity index (χ0n) is 13.9. The van der Waals surface area contributed by atoms with Gasteiger partial charge in [0.15, 0.2) is 11.5 Å². The van der Waals surface area contributed by atoms with E-state index in [2.05, 4.69) is 4.72 Å². The molecule has 1 aliphatic rings. The van der Waals surface area contributed by atoms with Gasteiger partial charge in [-0.05, 0) is 42.3 Å². The lowest BCUT2D eigenvalue weighted by Gasteiger charge is -2.13. The lowest BCUT2D eigenvalue weighted by atomic mass is 10.1. The Balaban J connectivity index is 1.62. The summed E-state index contributed by atoms with van der Waals surface area (Å²) < 4.78 is 75.1. The second kappa shape index (κ2) is 7.37. The van der Waals surface area contributed by atoms with Crippen molar-refractivity contribution in [3.63, 3.8) is 0 Å². The quantitative estimate of drug-likeness (QED) is 0.775. The maximum atomic E-state index is 12.7. The summed E-state index contributed by atoms with van der Waals surface area (Å²) in [6.07, 6.45) is -5.59. The zero-order chi connectivity index (χ0) is 19.7. The van der Waals surface area contributed by atoms with E-state index in [-0.39, 0.29) is 19.8 Å². The van der Waals surface area contributed by atoms with Gasteiger partial charge in [-0.3, -0.25) is 0 Å². The summed E-state index contributed by atoms with van der Waals surface area (Å²) in [7, 11) is -4.14. The minimum absolute atomic E-state index is 0.0256. The summed E-state index contributed by atoms with van der Waals surface area (Å²) in [5, 5.41) is 10.2. The van der Waals surface area contributed by atoms with E-state index in [4.69, 9.17) is 9.47 Å². The van der Waals surface area contributed by atoms with Crippen molar-refractivity contribution in [3.05, 3.63) is 53.6 Å². The maximum Gasteiger partial charge on any atom is 0.416 e. The van der Waals surface area contributed by atoms with Crippen LogP contribution in [0.5, 0.6) is 11.5 Å². The number of rotatable bonds is 6. The summed E-state index contributed by atoms with van der Waals surface area (Å²) in [6.45, 7) is -0.0696. The summed E-state index contributed by atoms with van der Waals surface area (Å²) in [5.41, 5.74) is -0.539. The summed E-state index contributed by atoms with van der Waals surface area (Å²) >= 11 is 0. The first-order valence-corrected chi connectivity index (χ1v) is 9.40. The van der Waals surface area contributed by atoms with Crippen molar-refractivity contribution in [2.24, 2.45) is 0 Å². The van der Waals surface area contributed by atoms with Crippen molar-refractivity contribution in [2.45, 2.75) is 23.6 Å². The number of nitrogens with one attached hydrogen (secondary N) is 1. The minimum atomic E-state index is -4.64. The van der Waals surface area contributed by atoms with Gasteiger partial charge in [0.25, 0.3) is 0 Å². The fourth-order valence-corrected chi connectivity index (χ4v) is 3.63.